The number of rotatable bonds is 18. The largest absolute Gasteiger partial charge is 0.464 e. The molecule has 3 rings (SSSR count). The number of carbonyl (C=O) groups is 2. The van der Waals surface area contributed by atoms with Gasteiger partial charge in [-0.2, -0.15) is 0 Å². The SMILES string of the molecule is CCCCCC/C=C\CCCCCCCC(=O)OCC(C(=O)O[C@H]1C[C@H]2CC[C@@H](C1)N2C)c1ccccc1. The van der Waals surface area contributed by atoms with Gasteiger partial charge in [-0.1, -0.05) is 87.9 Å². The Morgan fingerprint density at radius 1 is 0.895 bits per heavy atom. The third kappa shape index (κ3) is 10.6. The van der Waals surface area contributed by atoms with Crippen molar-refractivity contribution in [3.63, 3.8) is 0 Å². The number of benzene rings is 1. The van der Waals surface area contributed by atoms with Gasteiger partial charge in [0.05, 0.1) is 0 Å². The Bertz CT molecular complexity index is 825. The Kier molecular flexibility index (Phi) is 14.0. The fourth-order valence-electron chi connectivity index (χ4n) is 5.92. The first kappa shape index (κ1) is 30.4. The minimum absolute atomic E-state index is 0.0422. The maximum atomic E-state index is 13.2. The Labute approximate surface area is 231 Å². The minimum Gasteiger partial charge on any atom is -0.464 e. The number of carbonyl (C=O) groups excluding carboxylic acids is 2. The van der Waals surface area contributed by atoms with E-state index in [9.17, 15) is 9.59 Å². The third-order valence-electron chi connectivity index (χ3n) is 8.38. The van der Waals surface area contributed by atoms with E-state index >= 15 is 0 Å². The maximum absolute atomic E-state index is 13.2. The van der Waals surface area contributed by atoms with Crippen molar-refractivity contribution in [3.05, 3.63) is 48.0 Å². The summed E-state index contributed by atoms with van der Waals surface area (Å²) in [7, 11) is 2.18. The average molecular weight is 526 g/mol. The summed E-state index contributed by atoms with van der Waals surface area (Å²) in [5.41, 5.74) is 0.844. The van der Waals surface area contributed by atoms with Crippen molar-refractivity contribution in [1.82, 2.24) is 4.90 Å². The molecule has 5 nitrogen and oxygen atoms in total. The molecule has 212 valence electrons. The highest BCUT2D eigenvalue weighted by Crippen LogP contribution is 2.36. The molecular weight excluding hydrogens is 474 g/mol. The number of allylic oxidation sites excluding steroid dienone is 2. The molecule has 1 unspecified atom stereocenters. The second-order valence-corrected chi connectivity index (χ2v) is 11.4. The summed E-state index contributed by atoms with van der Waals surface area (Å²) in [6.45, 7) is 2.30. The van der Waals surface area contributed by atoms with Crippen LogP contribution in [-0.2, 0) is 19.1 Å². The molecular formula is C33H51NO4. The second-order valence-electron chi connectivity index (χ2n) is 11.4. The van der Waals surface area contributed by atoms with Crippen molar-refractivity contribution in [1.29, 1.82) is 0 Å². The minimum atomic E-state index is -0.572. The van der Waals surface area contributed by atoms with Crippen molar-refractivity contribution in [2.24, 2.45) is 0 Å². The number of ether oxygens (including phenoxy) is 2. The third-order valence-corrected chi connectivity index (χ3v) is 8.38. The summed E-state index contributed by atoms with van der Waals surface area (Å²) in [4.78, 5) is 28.1. The van der Waals surface area contributed by atoms with Gasteiger partial charge >= 0.3 is 11.9 Å². The summed E-state index contributed by atoms with van der Waals surface area (Å²) < 4.78 is 11.6. The van der Waals surface area contributed by atoms with E-state index in [1.54, 1.807) is 0 Å². The van der Waals surface area contributed by atoms with E-state index in [-0.39, 0.29) is 24.6 Å². The molecule has 0 amide bonds. The number of unbranched alkanes of at least 4 members (excludes halogenated alkanes) is 9. The topological polar surface area (TPSA) is 55.8 Å². The summed E-state index contributed by atoms with van der Waals surface area (Å²) >= 11 is 0. The van der Waals surface area contributed by atoms with E-state index in [0.717, 1.165) is 44.1 Å². The van der Waals surface area contributed by atoms with Gasteiger partial charge in [0.15, 0.2) is 0 Å². The number of hydrogen-bond acceptors (Lipinski definition) is 5. The van der Waals surface area contributed by atoms with Crippen LogP contribution in [0, 0.1) is 0 Å². The van der Waals surface area contributed by atoms with Gasteiger partial charge in [-0.25, -0.2) is 0 Å². The van der Waals surface area contributed by atoms with Crippen molar-refractivity contribution >= 4 is 11.9 Å². The molecule has 0 spiro atoms. The number of nitrogens with zero attached hydrogens (tertiary/aromatic N) is 1. The molecule has 2 bridgehead atoms. The molecule has 1 aromatic carbocycles. The number of piperidine rings is 1. The fraction of sp³-hybridized carbons (Fsp3) is 0.697. The van der Waals surface area contributed by atoms with Gasteiger partial charge in [-0.3, -0.25) is 9.59 Å². The maximum Gasteiger partial charge on any atom is 0.317 e. The molecule has 0 saturated carbocycles. The first-order chi connectivity index (χ1) is 18.6. The molecule has 2 aliphatic heterocycles. The van der Waals surface area contributed by atoms with Gasteiger partial charge in [-0.05, 0) is 70.4 Å². The normalized spacial score (nSPS) is 22.0. The van der Waals surface area contributed by atoms with Gasteiger partial charge in [0.25, 0.3) is 0 Å². The molecule has 4 atom stereocenters. The van der Waals surface area contributed by atoms with Crippen molar-refractivity contribution < 1.29 is 19.1 Å². The number of esters is 2. The molecule has 0 radical (unpaired) electrons. The van der Waals surface area contributed by atoms with E-state index in [4.69, 9.17) is 9.47 Å². The van der Waals surface area contributed by atoms with Crippen molar-refractivity contribution in [2.75, 3.05) is 13.7 Å². The Morgan fingerprint density at radius 3 is 2.16 bits per heavy atom. The van der Waals surface area contributed by atoms with Crippen LogP contribution in [-0.4, -0.2) is 48.7 Å². The molecule has 5 heteroatoms. The average Bonchev–Trinajstić information content (AvgIpc) is 3.11. The first-order valence-corrected chi connectivity index (χ1v) is 15.4. The molecule has 2 aliphatic rings. The molecule has 2 fully saturated rings. The zero-order chi connectivity index (χ0) is 27.0. The zero-order valence-corrected chi connectivity index (χ0v) is 24.0. The molecule has 1 aromatic rings. The van der Waals surface area contributed by atoms with Gasteiger partial charge in [-0.15, -0.1) is 0 Å². The van der Waals surface area contributed by atoms with Crippen LogP contribution in [0.3, 0.4) is 0 Å². The second kappa shape index (κ2) is 17.4. The molecule has 0 aromatic heterocycles. The lowest BCUT2D eigenvalue weighted by atomic mass is 9.98. The van der Waals surface area contributed by atoms with Crippen LogP contribution >= 0.6 is 0 Å². The van der Waals surface area contributed by atoms with E-state index in [0.29, 0.717) is 18.5 Å². The molecule has 2 heterocycles. The van der Waals surface area contributed by atoms with Gasteiger partial charge in [0.1, 0.15) is 18.6 Å². The van der Waals surface area contributed by atoms with Gasteiger partial charge in [0.2, 0.25) is 0 Å². The van der Waals surface area contributed by atoms with Crippen LogP contribution in [0.1, 0.15) is 121 Å². The van der Waals surface area contributed by atoms with Gasteiger partial charge in [0, 0.05) is 18.5 Å². The summed E-state index contributed by atoms with van der Waals surface area (Å²) in [5.74, 6) is -1.06. The van der Waals surface area contributed by atoms with Crippen LogP contribution in [0.5, 0.6) is 0 Å². The summed E-state index contributed by atoms with van der Waals surface area (Å²) in [5, 5.41) is 0. The lowest BCUT2D eigenvalue weighted by Crippen LogP contribution is -2.44. The predicted octanol–water partition coefficient (Wildman–Crippen LogP) is 7.74. The lowest BCUT2D eigenvalue weighted by molar-refractivity contribution is -0.158. The molecule has 0 aliphatic carbocycles. The zero-order valence-electron chi connectivity index (χ0n) is 24.0. The van der Waals surface area contributed by atoms with Crippen LogP contribution in [0.2, 0.25) is 0 Å². The lowest BCUT2D eigenvalue weighted by Gasteiger charge is -2.36. The highest BCUT2D eigenvalue weighted by atomic mass is 16.6. The van der Waals surface area contributed by atoms with Crippen LogP contribution in [0.4, 0.5) is 0 Å². The van der Waals surface area contributed by atoms with Crippen LogP contribution in [0.25, 0.3) is 0 Å². The van der Waals surface area contributed by atoms with E-state index in [2.05, 4.69) is 31.0 Å². The Hall–Kier alpha value is -2.14. The summed E-state index contributed by atoms with van der Waals surface area (Å²) in [6.07, 6.45) is 22.3. The first-order valence-electron chi connectivity index (χ1n) is 15.4. The quantitative estimate of drug-likeness (QED) is 0.111. The highest BCUT2D eigenvalue weighted by Gasteiger charge is 2.40. The standard InChI is InChI=1S/C33H51NO4/c1-3-4-5-6-7-8-9-10-11-12-13-14-18-21-32(35)37-26-31(27-19-16-15-17-20-27)33(36)38-30-24-28-22-23-29(25-30)34(28)2/h8-9,15-17,19-20,28-31H,3-7,10-14,18,21-26H2,1-2H3/b9-8-/t28-,29+,30+,31?. The van der Waals surface area contributed by atoms with E-state index < -0.39 is 5.92 Å². The Balaban J connectivity index is 1.31. The fourth-order valence-corrected chi connectivity index (χ4v) is 5.92. The van der Waals surface area contributed by atoms with Crippen LogP contribution < -0.4 is 0 Å². The summed E-state index contributed by atoms with van der Waals surface area (Å²) in [6, 6.07) is 10.6. The monoisotopic (exact) mass is 525 g/mol. The van der Waals surface area contributed by atoms with Crippen molar-refractivity contribution in [3.8, 4) is 0 Å². The van der Waals surface area contributed by atoms with E-state index in [1.807, 2.05) is 30.3 Å². The van der Waals surface area contributed by atoms with Crippen LogP contribution in [0.15, 0.2) is 42.5 Å². The highest BCUT2D eigenvalue weighted by molar-refractivity contribution is 5.79. The smallest absolute Gasteiger partial charge is 0.317 e. The number of fused-ring (bicyclic) bond motifs is 2. The molecule has 38 heavy (non-hydrogen) atoms. The van der Waals surface area contributed by atoms with Gasteiger partial charge < -0.3 is 14.4 Å². The van der Waals surface area contributed by atoms with E-state index in [1.165, 1.54) is 57.8 Å². The predicted molar refractivity (Wildman–Crippen MR) is 154 cm³/mol. The number of hydrogen-bond donors (Lipinski definition) is 0. The Morgan fingerprint density at radius 2 is 1.50 bits per heavy atom. The van der Waals surface area contributed by atoms with Crippen molar-refractivity contribution in [2.45, 2.75) is 134 Å². The molecule has 0 N–H and O–H groups in total. The molecule has 2 saturated heterocycles.